The molecule has 21 heavy (non-hydrogen) atoms. The minimum Gasteiger partial charge on any atom is -0.398 e. The van der Waals surface area contributed by atoms with E-state index in [9.17, 15) is 17.6 Å². The topological polar surface area (TPSA) is 92.5 Å². The van der Waals surface area contributed by atoms with E-state index >= 15 is 0 Å². The summed E-state index contributed by atoms with van der Waals surface area (Å²) in [5.74, 6) is -0.649. The molecule has 2 rings (SSSR count). The Morgan fingerprint density at radius 3 is 2.76 bits per heavy atom. The summed E-state index contributed by atoms with van der Waals surface area (Å²) in [7, 11) is -2.26. The van der Waals surface area contributed by atoms with E-state index in [-0.39, 0.29) is 33.4 Å². The SMILES string of the molecule is CN1CC(NS(=O)(=O)c2cc(Br)c(F)cc2N)CCC1=O. The Morgan fingerprint density at radius 2 is 2.14 bits per heavy atom. The monoisotopic (exact) mass is 379 g/mol. The predicted molar refractivity (Wildman–Crippen MR) is 79.5 cm³/mol. The predicted octanol–water partition coefficient (Wildman–Crippen LogP) is 1.07. The lowest BCUT2D eigenvalue weighted by Crippen LogP contribution is -2.48. The smallest absolute Gasteiger partial charge is 0.242 e. The van der Waals surface area contributed by atoms with Crippen LogP contribution in [-0.4, -0.2) is 38.9 Å². The maximum atomic E-state index is 13.3. The number of nitrogen functional groups attached to an aromatic ring is 1. The van der Waals surface area contributed by atoms with E-state index in [2.05, 4.69) is 20.7 Å². The van der Waals surface area contributed by atoms with Crippen LogP contribution in [0.4, 0.5) is 10.1 Å². The summed E-state index contributed by atoms with van der Waals surface area (Å²) in [6.07, 6.45) is 0.705. The summed E-state index contributed by atoms with van der Waals surface area (Å²) in [5, 5.41) is 0. The number of sulfonamides is 1. The number of benzene rings is 1. The van der Waals surface area contributed by atoms with Crippen molar-refractivity contribution in [2.45, 2.75) is 23.8 Å². The van der Waals surface area contributed by atoms with Gasteiger partial charge in [0.1, 0.15) is 10.7 Å². The summed E-state index contributed by atoms with van der Waals surface area (Å²) in [6.45, 7) is 0.292. The van der Waals surface area contributed by atoms with Crippen LogP contribution < -0.4 is 10.5 Å². The molecular formula is C12H15BrFN3O3S. The number of nitrogens with zero attached hydrogens (tertiary/aromatic N) is 1. The zero-order valence-electron chi connectivity index (χ0n) is 11.3. The molecule has 1 saturated heterocycles. The van der Waals surface area contributed by atoms with Crippen LogP contribution in [0, 0.1) is 5.82 Å². The van der Waals surface area contributed by atoms with Gasteiger partial charge in [0.15, 0.2) is 0 Å². The van der Waals surface area contributed by atoms with Gasteiger partial charge in [-0.3, -0.25) is 4.79 Å². The van der Waals surface area contributed by atoms with Crippen LogP contribution in [0.3, 0.4) is 0 Å². The van der Waals surface area contributed by atoms with Crippen molar-refractivity contribution in [2.24, 2.45) is 0 Å². The largest absolute Gasteiger partial charge is 0.398 e. The van der Waals surface area contributed by atoms with E-state index < -0.39 is 15.8 Å². The normalized spacial score (nSPS) is 19.9. The first-order valence-electron chi connectivity index (χ1n) is 6.21. The average Bonchev–Trinajstić information content (AvgIpc) is 2.37. The van der Waals surface area contributed by atoms with E-state index in [1.165, 1.54) is 4.90 Å². The molecule has 1 fully saturated rings. The highest BCUT2D eigenvalue weighted by molar-refractivity contribution is 9.10. The highest BCUT2D eigenvalue weighted by Gasteiger charge is 2.28. The summed E-state index contributed by atoms with van der Waals surface area (Å²) in [6, 6.07) is 1.70. The molecule has 116 valence electrons. The fraction of sp³-hybridized carbons (Fsp3) is 0.417. The minimum absolute atomic E-state index is 0.0190. The van der Waals surface area contributed by atoms with E-state index in [1.54, 1.807) is 7.05 Å². The Kier molecular flexibility index (Phi) is 4.54. The average molecular weight is 380 g/mol. The first kappa shape index (κ1) is 16.2. The molecule has 1 heterocycles. The van der Waals surface area contributed by atoms with Gasteiger partial charge in [0.25, 0.3) is 0 Å². The third-order valence-corrected chi connectivity index (χ3v) is 5.47. The molecule has 0 spiro atoms. The van der Waals surface area contributed by atoms with Crippen molar-refractivity contribution in [3.63, 3.8) is 0 Å². The lowest BCUT2D eigenvalue weighted by molar-refractivity contribution is -0.132. The van der Waals surface area contributed by atoms with Crippen LogP contribution in [0.1, 0.15) is 12.8 Å². The maximum absolute atomic E-state index is 13.3. The Morgan fingerprint density at radius 1 is 1.48 bits per heavy atom. The molecule has 1 aromatic rings. The van der Waals surface area contributed by atoms with Crippen LogP contribution in [0.15, 0.2) is 21.5 Å². The molecule has 1 unspecified atom stereocenters. The van der Waals surface area contributed by atoms with E-state index in [0.717, 1.165) is 12.1 Å². The molecule has 0 aliphatic carbocycles. The van der Waals surface area contributed by atoms with Crippen LogP contribution in [0.25, 0.3) is 0 Å². The van der Waals surface area contributed by atoms with Crippen molar-refractivity contribution in [1.82, 2.24) is 9.62 Å². The molecule has 1 aliphatic heterocycles. The number of likely N-dealkylation sites (tertiary alicyclic amines) is 1. The molecule has 1 aromatic carbocycles. The zero-order chi connectivity index (χ0) is 15.8. The number of amides is 1. The summed E-state index contributed by atoms with van der Waals surface area (Å²) >= 11 is 2.94. The minimum atomic E-state index is -3.88. The number of carbonyl (C=O) groups is 1. The third-order valence-electron chi connectivity index (χ3n) is 3.29. The van der Waals surface area contributed by atoms with Gasteiger partial charge in [-0.05, 0) is 34.5 Å². The van der Waals surface area contributed by atoms with Gasteiger partial charge in [0.2, 0.25) is 15.9 Å². The first-order valence-corrected chi connectivity index (χ1v) is 8.49. The van der Waals surface area contributed by atoms with Gasteiger partial charge in [-0.1, -0.05) is 0 Å². The fourth-order valence-electron chi connectivity index (χ4n) is 2.17. The third kappa shape index (κ3) is 3.53. The summed E-state index contributed by atoms with van der Waals surface area (Å²) < 4.78 is 40.5. The van der Waals surface area contributed by atoms with Crippen LogP contribution in [-0.2, 0) is 14.8 Å². The van der Waals surface area contributed by atoms with Crippen molar-refractivity contribution < 1.29 is 17.6 Å². The van der Waals surface area contributed by atoms with Gasteiger partial charge >= 0.3 is 0 Å². The Balaban J connectivity index is 2.23. The molecule has 1 aliphatic rings. The highest BCUT2D eigenvalue weighted by atomic mass is 79.9. The second-order valence-corrected chi connectivity index (χ2v) is 7.47. The van der Waals surface area contributed by atoms with Crippen molar-refractivity contribution in [3.8, 4) is 0 Å². The Labute approximate surface area is 130 Å². The van der Waals surface area contributed by atoms with Crippen molar-refractivity contribution in [1.29, 1.82) is 0 Å². The number of carbonyl (C=O) groups excluding carboxylic acids is 1. The van der Waals surface area contributed by atoms with Crippen molar-refractivity contribution in [3.05, 3.63) is 22.4 Å². The number of hydrogen-bond donors (Lipinski definition) is 2. The standard InChI is InChI=1S/C12H15BrFN3O3S/c1-17-6-7(2-3-12(17)18)16-21(19,20)11-4-8(13)9(14)5-10(11)15/h4-5,7,16H,2-3,6,15H2,1H3. The molecule has 1 atom stereocenters. The summed E-state index contributed by atoms with van der Waals surface area (Å²) in [5.41, 5.74) is 5.42. The van der Waals surface area contributed by atoms with Crippen LogP contribution >= 0.6 is 15.9 Å². The number of anilines is 1. The van der Waals surface area contributed by atoms with Crippen molar-refractivity contribution in [2.75, 3.05) is 19.3 Å². The maximum Gasteiger partial charge on any atom is 0.242 e. The molecule has 0 bridgehead atoms. The van der Waals surface area contributed by atoms with E-state index in [4.69, 9.17) is 5.73 Å². The fourth-order valence-corrected chi connectivity index (χ4v) is 4.06. The highest BCUT2D eigenvalue weighted by Crippen LogP contribution is 2.26. The lowest BCUT2D eigenvalue weighted by atomic mass is 10.1. The van der Waals surface area contributed by atoms with Gasteiger partial charge in [0, 0.05) is 26.1 Å². The van der Waals surface area contributed by atoms with Gasteiger partial charge in [-0.15, -0.1) is 0 Å². The number of halogens is 2. The molecule has 6 nitrogen and oxygen atoms in total. The van der Waals surface area contributed by atoms with Gasteiger partial charge < -0.3 is 10.6 Å². The Hall–Kier alpha value is -1.19. The van der Waals surface area contributed by atoms with Gasteiger partial charge in [0.05, 0.1) is 10.2 Å². The van der Waals surface area contributed by atoms with Gasteiger partial charge in [-0.25, -0.2) is 17.5 Å². The molecule has 0 aromatic heterocycles. The quantitative estimate of drug-likeness (QED) is 0.768. The number of nitrogens with one attached hydrogen (secondary N) is 1. The molecule has 0 saturated carbocycles. The zero-order valence-corrected chi connectivity index (χ0v) is 13.7. The van der Waals surface area contributed by atoms with Crippen molar-refractivity contribution >= 4 is 37.5 Å². The molecule has 9 heteroatoms. The lowest BCUT2D eigenvalue weighted by Gasteiger charge is -2.30. The number of likely N-dealkylation sites (N-methyl/N-ethyl adjacent to an activating group) is 1. The molecule has 0 radical (unpaired) electrons. The second-order valence-electron chi connectivity index (χ2n) is 4.94. The molecular weight excluding hydrogens is 365 g/mol. The van der Waals surface area contributed by atoms with E-state index in [1.807, 2.05) is 0 Å². The van der Waals surface area contributed by atoms with Crippen LogP contribution in [0.2, 0.25) is 0 Å². The van der Waals surface area contributed by atoms with E-state index in [0.29, 0.717) is 13.0 Å². The molecule has 3 N–H and O–H groups in total. The second kappa shape index (κ2) is 5.90. The molecule has 1 amide bonds. The summed E-state index contributed by atoms with van der Waals surface area (Å²) in [4.78, 5) is 12.7. The van der Waals surface area contributed by atoms with Gasteiger partial charge in [-0.2, -0.15) is 0 Å². The number of nitrogens with two attached hydrogens (primary N) is 1. The number of piperidine rings is 1. The van der Waals surface area contributed by atoms with Crippen LogP contribution in [0.5, 0.6) is 0 Å². The first-order chi connectivity index (χ1) is 9.70. The number of rotatable bonds is 3. The Bertz CT molecular complexity index is 681. The number of hydrogen-bond acceptors (Lipinski definition) is 4.